The third-order valence-electron chi connectivity index (χ3n) is 5.52. The number of hydrogen-bond acceptors (Lipinski definition) is 2. The van der Waals surface area contributed by atoms with Crippen molar-refractivity contribution in [2.45, 2.75) is 76.3 Å². The Kier molecular flexibility index (Phi) is 4.58. The monoisotopic (exact) mass is 250 g/mol. The smallest absolute Gasteiger partial charge is 0.0223 e. The normalized spacial score (nSPS) is 33.7. The van der Waals surface area contributed by atoms with Crippen LogP contribution in [0.1, 0.15) is 64.2 Å². The van der Waals surface area contributed by atoms with Gasteiger partial charge in [-0.1, -0.05) is 32.1 Å². The lowest BCUT2D eigenvalue weighted by atomic mass is 9.83. The molecule has 0 amide bonds. The molecule has 1 aliphatic heterocycles. The van der Waals surface area contributed by atoms with Crippen molar-refractivity contribution in [2.24, 2.45) is 5.92 Å². The molecule has 0 bridgehead atoms. The fraction of sp³-hybridized carbons (Fsp3) is 1.00. The minimum absolute atomic E-state index is 0.799. The Bertz CT molecular complexity index is 241. The summed E-state index contributed by atoms with van der Waals surface area (Å²) in [6.07, 6.45) is 14.7. The molecule has 0 aromatic carbocycles. The Morgan fingerprint density at radius 1 is 0.778 bits per heavy atom. The highest BCUT2D eigenvalue weighted by molar-refractivity contribution is 4.88. The molecule has 3 fully saturated rings. The summed E-state index contributed by atoms with van der Waals surface area (Å²) in [4.78, 5) is 2.84. The maximum atomic E-state index is 3.86. The highest BCUT2D eigenvalue weighted by Gasteiger charge is 2.30. The molecule has 0 aromatic rings. The Labute approximate surface area is 113 Å². The van der Waals surface area contributed by atoms with Crippen molar-refractivity contribution >= 4 is 0 Å². The molecule has 1 heterocycles. The lowest BCUT2D eigenvalue weighted by Gasteiger charge is -2.35. The zero-order chi connectivity index (χ0) is 12.2. The van der Waals surface area contributed by atoms with Crippen LogP contribution in [-0.4, -0.2) is 36.6 Å². The van der Waals surface area contributed by atoms with E-state index in [0.29, 0.717) is 0 Å². The molecule has 2 nitrogen and oxygen atoms in total. The first-order valence-corrected chi connectivity index (χ1v) is 8.41. The van der Waals surface area contributed by atoms with E-state index in [9.17, 15) is 0 Å². The van der Waals surface area contributed by atoms with Crippen molar-refractivity contribution in [3.8, 4) is 0 Å². The van der Waals surface area contributed by atoms with Gasteiger partial charge in [-0.3, -0.25) is 4.90 Å². The van der Waals surface area contributed by atoms with Crippen LogP contribution in [0.25, 0.3) is 0 Å². The lowest BCUT2D eigenvalue weighted by molar-refractivity contribution is 0.163. The lowest BCUT2D eigenvalue weighted by Crippen LogP contribution is -2.46. The molecule has 18 heavy (non-hydrogen) atoms. The molecule has 1 unspecified atom stereocenters. The summed E-state index contributed by atoms with van der Waals surface area (Å²) in [5.41, 5.74) is 0. The van der Waals surface area contributed by atoms with Crippen LogP contribution in [0.5, 0.6) is 0 Å². The second-order valence-electron chi connectivity index (χ2n) is 6.75. The molecule has 0 spiro atoms. The van der Waals surface area contributed by atoms with Crippen LogP contribution in [0.4, 0.5) is 0 Å². The van der Waals surface area contributed by atoms with Gasteiger partial charge in [-0.25, -0.2) is 0 Å². The van der Waals surface area contributed by atoms with Gasteiger partial charge in [0.1, 0.15) is 0 Å². The molecule has 2 saturated carbocycles. The Hall–Kier alpha value is -0.0800. The zero-order valence-electron chi connectivity index (χ0n) is 11.9. The Balaban J connectivity index is 1.59. The van der Waals surface area contributed by atoms with E-state index in [1.807, 2.05) is 0 Å². The van der Waals surface area contributed by atoms with Gasteiger partial charge in [0.2, 0.25) is 0 Å². The molecular formula is C16H30N2. The van der Waals surface area contributed by atoms with E-state index in [4.69, 9.17) is 0 Å². The zero-order valence-corrected chi connectivity index (χ0v) is 11.9. The van der Waals surface area contributed by atoms with E-state index >= 15 is 0 Å². The second-order valence-corrected chi connectivity index (χ2v) is 6.75. The van der Waals surface area contributed by atoms with Crippen molar-refractivity contribution in [1.29, 1.82) is 0 Å². The first-order chi connectivity index (χ1) is 8.93. The minimum atomic E-state index is 0.799. The molecule has 1 saturated heterocycles. The summed E-state index contributed by atoms with van der Waals surface area (Å²) < 4.78 is 0. The predicted octanol–water partition coefficient (Wildman–Crippen LogP) is 3.17. The van der Waals surface area contributed by atoms with E-state index in [-0.39, 0.29) is 0 Å². The highest BCUT2D eigenvalue weighted by Crippen LogP contribution is 2.30. The molecule has 2 aliphatic carbocycles. The van der Waals surface area contributed by atoms with Gasteiger partial charge < -0.3 is 5.32 Å². The highest BCUT2D eigenvalue weighted by atomic mass is 15.2. The standard InChI is InChI=1S/C16H30N2/c1-2-7-14(8-3-1)16-13-18(12-6-11-17-16)15-9-4-5-10-15/h14-17H,1-13H2. The van der Waals surface area contributed by atoms with Crippen LogP contribution >= 0.6 is 0 Å². The first kappa shape index (κ1) is 12.9. The van der Waals surface area contributed by atoms with Crippen LogP contribution < -0.4 is 5.32 Å². The maximum absolute atomic E-state index is 3.86. The van der Waals surface area contributed by atoms with Crippen LogP contribution in [0.3, 0.4) is 0 Å². The maximum Gasteiger partial charge on any atom is 0.0223 e. The molecule has 1 atom stereocenters. The molecule has 0 aromatic heterocycles. The molecule has 1 N–H and O–H groups in total. The average Bonchev–Trinajstić information content (AvgIpc) is 2.85. The number of hydrogen-bond donors (Lipinski definition) is 1. The van der Waals surface area contributed by atoms with Crippen molar-refractivity contribution < 1.29 is 0 Å². The van der Waals surface area contributed by atoms with Crippen molar-refractivity contribution in [3.63, 3.8) is 0 Å². The number of rotatable bonds is 2. The summed E-state index contributed by atoms with van der Waals surface area (Å²) in [5, 5.41) is 3.86. The van der Waals surface area contributed by atoms with E-state index < -0.39 is 0 Å². The third-order valence-corrected chi connectivity index (χ3v) is 5.52. The molecular weight excluding hydrogens is 220 g/mol. The van der Waals surface area contributed by atoms with Crippen molar-refractivity contribution in [3.05, 3.63) is 0 Å². The summed E-state index contributed by atoms with van der Waals surface area (Å²) in [6.45, 7) is 3.95. The fourth-order valence-corrected chi connectivity index (χ4v) is 4.43. The van der Waals surface area contributed by atoms with E-state index in [1.54, 1.807) is 0 Å². The van der Waals surface area contributed by atoms with E-state index in [0.717, 1.165) is 18.0 Å². The summed E-state index contributed by atoms with van der Waals surface area (Å²) in [6, 6.07) is 1.73. The van der Waals surface area contributed by atoms with Crippen molar-refractivity contribution in [1.82, 2.24) is 10.2 Å². The predicted molar refractivity (Wildman–Crippen MR) is 76.8 cm³/mol. The van der Waals surface area contributed by atoms with E-state index in [2.05, 4.69) is 10.2 Å². The van der Waals surface area contributed by atoms with Gasteiger partial charge >= 0.3 is 0 Å². The molecule has 2 heteroatoms. The largest absolute Gasteiger partial charge is 0.312 e. The SMILES string of the molecule is C1CCC(C2CN(C3CCCC3)CCCN2)CC1. The van der Waals surface area contributed by atoms with Crippen LogP contribution in [-0.2, 0) is 0 Å². The topological polar surface area (TPSA) is 15.3 Å². The second kappa shape index (κ2) is 6.38. The van der Waals surface area contributed by atoms with E-state index in [1.165, 1.54) is 83.8 Å². The van der Waals surface area contributed by atoms with Gasteiger partial charge in [0, 0.05) is 18.6 Å². The molecule has 3 rings (SSSR count). The molecule has 0 radical (unpaired) electrons. The quantitative estimate of drug-likeness (QED) is 0.810. The van der Waals surface area contributed by atoms with Gasteiger partial charge in [-0.05, 0) is 51.1 Å². The Morgan fingerprint density at radius 2 is 1.50 bits per heavy atom. The summed E-state index contributed by atoms with van der Waals surface area (Å²) in [7, 11) is 0. The van der Waals surface area contributed by atoms with Gasteiger partial charge in [0.25, 0.3) is 0 Å². The number of nitrogens with one attached hydrogen (secondary N) is 1. The third kappa shape index (κ3) is 3.08. The Morgan fingerprint density at radius 3 is 2.28 bits per heavy atom. The first-order valence-electron chi connectivity index (χ1n) is 8.41. The summed E-state index contributed by atoms with van der Waals surface area (Å²) >= 11 is 0. The van der Waals surface area contributed by atoms with Gasteiger partial charge in [-0.15, -0.1) is 0 Å². The van der Waals surface area contributed by atoms with Gasteiger partial charge in [0.05, 0.1) is 0 Å². The van der Waals surface area contributed by atoms with Crippen molar-refractivity contribution in [2.75, 3.05) is 19.6 Å². The van der Waals surface area contributed by atoms with Crippen LogP contribution in [0.2, 0.25) is 0 Å². The van der Waals surface area contributed by atoms with Crippen LogP contribution in [0.15, 0.2) is 0 Å². The molecule has 104 valence electrons. The molecule has 3 aliphatic rings. The van der Waals surface area contributed by atoms with Gasteiger partial charge in [-0.2, -0.15) is 0 Å². The van der Waals surface area contributed by atoms with Crippen LogP contribution in [0, 0.1) is 5.92 Å². The number of nitrogens with zero attached hydrogens (tertiary/aromatic N) is 1. The summed E-state index contributed by atoms with van der Waals surface area (Å²) in [5.74, 6) is 0.973. The minimum Gasteiger partial charge on any atom is -0.312 e. The average molecular weight is 250 g/mol. The fourth-order valence-electron chi connectivity index (χ4n) is 4.43. The van der Waals surface area contributed by atoms with Gasteiger partial charge in [0.15, 0.2) is 0 Å².